The van der Waals surface area contributed by atoms with Gasteiger partial charge in [0, 0.05) is 41.9 Å². The topological polar surface area (TPSA) is 61.7 Å². The molecule has 1 N–H and O–H groups in total. The predicted octanol–water partition coefficient (Wildman–Crippen LogP) is 2.02. The van der Waals surface area contributed by atoms with Crippen molar-refractivity contribution in [2.75, 3.05) is 36.9 Å². The average molecular weight is 322 g/mol. The van der Waals surface area contributed by atoms with E-state index in [0.29, 0.717) is 0 Å². The monoisotopic (exact) mass is 322 g/mol. The summed E-state index contributed by atoms with van der Waals surface area (Å²) in [7, 11) is 1.71. The molecule has 2 aliphatic heterocycles. The van der Waals surface area contributed by atoms with Crippen LogP contribution >= 0.6 is 0 Å². The number of aliphatic hydroxyl groups is 1. The maximum atomic E-state index is 9.70. The number of hydrogen-bond acceptors (Lipinski definition) is 6. The fourth-order valence-corrected chi connectivity index (χ4v) is 4.22. The molecule has 0 saturated heterocycles. The van der Waals surface area contributed by atoms with Crippen LogP contribution in [0.4, 0.5) is 11.4 Å². The molecule has 0 fully saturated rings. The largest absolute Gasteiger partial charge is 0.376 e. The lowest BCUT2D eigenvalue weighted by atomic mass is 9.87. The molecule has 0 spiro atoms. The van der Waals surface area contributed by atoms with Gasteiger partial charge in [-0.3, -0.25) is 19.9 Å². The van der Waals surface area contributed by atoms with Crippen LogP contribution in [0.2, 0.25) is 0 Å². The number of hydroxylamine groups is 1. The fraction of sp³-hybridized carbons (Fsp3) is 0.333. The first-order valence-electron chi connectivity index (χ1n) is 8.22. The lowest BCUT2D eigenvalue weighted by Crippen LogP contribution is -2.32. The van der Waals surface area contributed by atoms with Gasteiger partial charge in [0.2, 0.25) is 0 Å². The molecule has 2 aliphatic rings. The number of nitrogens with zero attached hydrogens (tertiary/aromatic N) is 4. The van der Waals surface area contributed by atoms with E-state index in [0.717, 1.165) is 59.1 Å². The smallest absolute Gasteiger partial charge is 0.115 e. The first-order chi connectivity index (χ1) is 11.8. The van der Waals surface area contributed by atoms with Crippen LogP contribution in [0.5, 0.6) is 0 Å². The van der Waals surface area contributed by atoms with Crippen molar-refractivity contribution in [1.29, 1.82) is 0 Å². The predicted molar refractivity (Wildman–Crippen MR) is 93.2 cm³/mol. The molecule has 0 amide bonds. The molecule has 0 unspecified atom stereocenters. The summed E-state index contributed by atoms with van der Waals surface area (Å²) < 4.78 is 0. The molecule has 2 aromatic heterocycles. The Morgan fingerprint density at radius 3 is 2.29 bits per heavy atom. The molecule has 0 atom stereocenters. The van der Waals surface area contributed by atoms with Gasteiger partial charge >= 0.3 is 0 Å². The van der Waals surface area contributed by atoms with E-state index in [9.17, 15) is 5.11 Å². The summed E-state index contributed by atoms with van der Waals surface area (Å²) in [4.78, 5) is 16.8. The third-order valence-corrected chi connectivity index (χ3v) is 5.25. The number of rotatable bonds is 2. The van der Waals surface area contributed by atoms with Crippen molar-refractivity contribution in [2.24, 2.45) is 0 Å². The van der Waals surface area contributed by atoms with Crippen molar-refractivity contribution in [3.05, 3.63) is 35.7 Å². The second-order valence-corrected chi connectivity index (χ2v) is 6.25. The third kappa shape index (κ3) is 1.67. The number of aromatic nitrogens is 2. The van der Waals surface area contributed by atoms with Gasteiger partial charge in [-0.15, -0.1) is 0 Å². The van der Waals surface area contributed by atoms with E-state index in [1.807, 2.05) is 34.5 Å². The Bertz CT molecular complexity index is 894. The van der Waals surface area contributed by atoms with Crippen molar-refractivity contribution < 1.29 is 9.94 Å². The summed E-state index contributed by atoms with van der Waals surface area (Å²) in [5, 5.41) is 13.9. The van der Waals surface area contributed by atoms with Crippen LogP contribution in [0, 0.1) is 0 Å². The number of pyridine rings is 2. The highest BCUT2D eigenvalue weighted by Gasteiger charge is 2.29. The van der Waals surface area contributed by atoms with Crippen molar-refractivity contribution in [3.8, 4) is 0 Å². The van der Waals surface area contributed by atoms with Crippen LogP contribution in [-0.4, -0.2) is 42.0 Å². The zero-order valence-corrected chi connectivity index (χ0v) is 13.5. The van der Waals surface area contributed by atoms with Crippen LogP contribution in [0.15, 0.2) is 24.5 Å². The van der Waals surface area contributed by atoms with E-state index >= 15 is 0 Å². The Hall–Kier alpha value is -2.44. The van der Waals surface area contributed by atoms with Crippen LogP contribution in [0.3, 0.4) is 0 Å². The molecule has 24 heavy (non-hydrogen) atoms. The lowest BCUT2D eigenvalue weighted by molar-refractivity contribution is 0.167. The van der Waals surface area contributed by atoms with Gasteiger partial charge in [-0.05, 0) is 36.1 Å². The van der Waals surface area contributed by atoms with E-state index in [1.54, 1.807) is 7.11 Å². The maximum Gasteiger partial charge on any atom is 0.115 e. The SMILES string of the molecule is CON1CCc2c3c4c(ccnc4c4nccc1c24)N(CO)CC3. The number of aliphatic hydroxyl groups excluding tert-OH is 1. The van der Waals surface area contributed by atoms with Crippen molar-refractivity contribution in [3.63, 3.8) is 0 Å². The van der Waals surface area contributed by atoms with Gasteiger partial charge in [-0.1, -0.05) is 0 Å². The van der Waals surface area contributed by atoms with Gasteiger partial charge in [-0.25, -0.2) is 0 Å². The number of anilines is 2. The fourth-order valence-electron chi connectivity index (χ4n) is 4.22. The molecule has 1 aromatic carbocycles. The Kier molecular flexibility index (Phi) is 2.92. The quantitative estimate of drug-likeness (QED) is 0.728. The molecule has 6 nitrogen and oxygen atoms in total. The molecule has 4 heterocycles. The van der Waals surface area contributed by atoms with Crippen molar-refractivity contribution in [1.82, 2.24) is 9.97 Å². The lowest BCUT2D eigenvalue weighted by Gasteiger charge is -2.34. The molecular formula is C18H18N4O2. The Morgan fingerprint density at radius 1 is 1.00 bits per heavy atom. The van der Waals surface area contributed by atoms with E-state index in [4.69, 9.17) is 4.84 Å². The summed E-state index contributed by atoms with van der Waals surface area (Å²) in [5.41, 5.74) is 6.68. The minimum atomic E-state index is 0.0246. The number of benzene rings is 1. The number of fused-ring (bicyclic) bond motifs is 2. The first kappa shape index (κ1) is 13.9. The highest BCUT2D eigenvalue weighted by Crippen LogP contribution is 2.43. The zero-order chi connectivity index (χ0) is 16.3. The van der Waals surface area contributed by atoms with Crippen LogP contribution in [0.25, 0.3) is 21.8 Å². The van der Waals surface area contributed by atoms with E-state index < -0.39 is 0 Å². The molecule has 6 heteroatoms. The van der Waals surface area contributed by atoms with Gasteiger partial charge in [0.05, 0.1) is 23.8 Å². The van der Waals surface area contributed by atoms with Gasteiger partial charge in [0.25, 0.3) is 0 Å². The van der Waals surface area contributed by atoms with Gasteiger partial charge < -0.3 is 10.0 Å². The molecule has 0 saturated carbocycles. The molecule has 0 aliphatic carbocycles. The third-order valence-electron chi connectivity index (χ3n) is 5.25. The number of hydrogen-bond donors (Lipinski definition) is 1. The Balaban J connectivity index is 1.97. The molecule has 5 rings (SSSR count). The highest BCUT2D eigenvalue weighted by molar-refractivity contribution is 6.14. The Labute approximate surface area is 139 Å². The molecule has 3 aromatic rings. The zero-order valence-electron chi connectivity index (χ0n) is 13.5. The van der Waals surface area contributed by atoms with E-state index in [-0.39, 0.29) is 6.73 Å². The summed E-state index contributed by atoms with van der Waals surface area (Å²) in [6.07, 6.45) is 5.48. The molecule has 122 valence electrons. The maximum absolute atomic E-state index is 9.70. The first-order valence-corrected chi connectivity index (χ1v) is 8.22. The summed E-state index contributed by atoms with van der Waals surface area (Å²) in [5.74, 6) is 0. The van der Waals surface area contributed by atoms with Gasteiger partial charge in [0.1, 0.15) is 6.73 Å². The normalized spacial score (nSPS) is 16.2. The minimum absolute atomic E-state index is 0.0246. The van der Waals surface area contributed by atoms with Crippen molar-refractivity contribution >= 4 is 33.2 Å². The second kappa shape index (κ2) is 5.03. The highest BCUT2D eigenvalue weighted by atomic mass is 16.7. The van der Waals surface area contributed by atoms with Crippen molar-refractivity contribution in [2.45, 2.75) is 12.8 Å². The average Bonchev–Trinajstić information content (AvgIpc) is 2.65. The Morgan fingerprint density at radius 2 is 1.62 bits per heavy atom. The van der Waals surface area contributed by atoms with Crippen LogP contribution in [-0.2, 0) is 17.7 Å². The minimum Gasteiger partial charge on any atom is -0.376 e. The van der Waals surface area contributed by atoms with E-state index in [1.165, 1.54) is 11.1 Å². The van der Waals surface area contributed by atoms with E-state index in [2.05, 4.69) is 9.97 Å². The molecule has 0 bridgehead atoms. The molecule has 0 radical (unpaired) electrons. The standard InChI is InChI=1S/C18H18N4O2/c1-24-22-9-5-12-11-4-8-21(10-23)13-2-6-19-17(15(11)13)18-16(12)14(22)3-7-20-18/h2-3,6-7,23H,4-5,8-10H2,1H3. The van der Waals surface area contributed by atoms with Crippen LogP contribution < -0.4 is 9.96 Å². The molecular weight excluding hydrogens is 304 g/mol. The summed E-state index contributed by atoms with van der Waals surface area (Å²) >= 11 is 0. The van der Waals surface area contributed by atoms with Crippen LogP contribution in [0.1, 0.15) is 11.1 Å². The summed E-state index contributed by atoms with van der Waals surface area (Å²) in [6, 6.07) is 4.01. The van der Waals surface area contributed by atoms with Gasteiger partial charge in [0.15, 0.2) is 0 Å². The second-order valence-electron chi connectivity index (χ2n) is 6.25. The summed E-state index contributed by atoms with van der Waals surface area (Å²) in [6.45, 7) is 1.68. The van der Waals surface area contributed by atoms with Gasteiger partial charge in [-0.2, -0.15) is 0 Å².